The maximum absolute atomic E-state index is 11.4. The van der Waals surface area contributed by atoms with Gasteiger partial charge in [-0.15, -0.1) is 0 Å². The lowest BCUT2D eigenvalue weighted by molar-refractivity contribution is -0.146. The van der Waals surface area contributed by atoms with Crippen LogP contribution < -0.4 is 0 Å². The van der Waals surface area contributed by atoms with Crippen molar-refractivity contribution in [2.75, 3.05) is 19.7 Å². The molecule has 0 saturated carbocycles. The lowest BCUT2D eigenvalue weighted by atomic mass is 9.88. The summed E-state index contributed by atoms with van der Waals surface area (Å²) in [4.78, 5) is 13.5. The standard InChI is InChI=1S/C14H25NO3/c1-2-11-6-7-15(13(9-11)14(16)17)10-12-5-3-4-8-18-12/h11-13H,2-10H2,1H3,(H,16,17). The number of aliphatic carboxylic acids is 1. The molecule has 0 aliphatic carbocycles. The van der Waals surface area contributed by atoms with Crippen molar-refractivity contribution in [3.05, 3.63) is 0 Å². The molecular weight excluding hydrogens is 230 g/mol. The van der Waals surface area contributed by atoms with Crippen molar-refractivity contribution in [2.24, 2.45) is 5.92 Å². The van der Waals surface area contributed by atoms with E-state index in [0.29, 0.717) is 5.92 Å². The summed E-state index contributed by atoms with van der Waals surface area (Å²) >= 11 is 0. The second-order valence-corrected chi connectivity index (χ2v) is 5.64. The van der Waals surface area contributed by atoms with Gasteiger partial charge >= 0.3 is 5.97 Å². The molecule has 0 aromatic rings. The molecule has 0 aromatic carbocycles. The van der Waals surface area contributed by atoms with Crippen molar-refractivity contribution in [2.45, 2.75) is 57.6 Å². The maximum Gasteiger partial charge on any atom is 0.320 e. The SMILES string of the molecule is CCC1CCN(CC2CCCCO2)C(C(=O)O)C1. The smallest absolute Gasteiger partial charge is 0.320 e. The van der Waals surface area contributed by atoms with Gasteiger partial charge in [-0.2, -0.15) is 0 Å². The number of hydrogen-bond donors (Lipinski definition) is 1. The Balaban J connectivity index is 1.90. The van der Waals surface area contributed by atoms with Crippen LogP contribution in [-0.4, -0.2) is 47.8 Å². The first-order valence-electron chi connectivity index (χ1n) is 7.29. The fourth-order valence-corrected chi connectivity index (χ4v) is 3.15. The first-order valence-corrected chi connectivity index (χ1v) is 7.29. The molecule has 4 nitrogen and oxygen atoms in total. The molecule has 4 heteroatoms. The van der Waals surface area contributed by atoms with Crippen molar-refractivity contribution >= 4 is 5.97 Å². The summed E-state index contributed by atoms with van der Waals surface area (Å²) in [5, 5.41) is 9.37. The van der Waals surface area contributed by atoms with Gasteiger partial charge in [-0.1, -0.05) is 13.3 Å². The van der Waals surface area contributed by atoms with E-state index in [2.05, 4.69) is 11.8 Å². The quantitative estimate of drug-likeness (QED) is 0.836. The minimum atomic E-state index is -0.663. The summed E-state index contributed by atoms with van der Waals surface area (Å²) in [6.07, 6.45) is 6.73. The Hall–Kier alpha value is -0.610. The number of likely N-dealkylation sites (tertiary alicyclic amines) is 1. The molecule has 2 saturated heterocycles. The Morgan fingerprint density at radius 3 is 2.83 bits per heavy atom. The van der Waals surface area contributed by atoms with Crippen LogP contribution in [0.2, 0.25) is 0 Å². The van der Waals surface area contributed by atoms with Crippen LogP contribution >= 0.6 is 0 Å². The van der Waals surface area contributed by atoms with E-state index in [1.165, 1.54) is 6.42 Å². The van der Waals surface area contributed by atoms with E-state index in [4.69, 9.17) is 4.74 Å². The normalized spacial score (nSPS) is 34.4. The van der Waals surface area contributed by atoms with Crippen LogP contribution in [0.4, 0.5) is 0 Å². The Bertz CT molecular complexity index is 276. The summed E-state index contributed by atoms with van der Waals surface area (Å²) in [6.45, 7) is 4.71. The second kappa shape index (κ2) is 6.53. The van der Waals surface area contributed by atoms with Gasteiger partial charge in [-0.05, 0) is 44.6 Å². The third-order valence-electron chi connectivity index (χ3n) is 4.40. The number of carboxylic acids is 1. The highest BCUT2D eigenvalue weighted by Gasteiger charge is 2.34. The maximum atomic E-state index is 11.4. The third-order valence-corrected chi connectivity index (χ3v) is 4.40. The molecule has 2 heterocycles. The molecule has 0 radical (unpaired) electrons. The van der Waals surface area contributed by atoms with Crippen molar-refractivity contribution in [1.82, 2.24) is 4.90 Å². The zero-order valence-corrected chi connectivity index (χ0v) is 11.3. The Morgan fingerprint density at radius 1 is 1.39 bits per heavy atom. The number of nitrogens with zero attached hydrogens (tertiary/aromatic N) is 1. The summed E-state index contributed by atoms with van der Waals surface area (Å²) in [5.74, 6) is -0.0846. The third kappa shape index (κ3) is 3.45. The molecule has 18 heavy (non-hydrogen) atoms. The highest BCUT2D eigenvalue weighted by molar-refractivity contribution is 5.73. The summed E-state index contributed by atoms with van der Waals surface area (Å²) in [6, 6.07) is -0.297. The largest absolute Gasteiger partial charge is 0.480 e. The molecule has 2 aliphatic heterocycles. The van der Waals surface area contributed by atoms with E-state index < -0.39 is 5.97 Å². The molecule has 2 fully saturated rings. The van der Waals surface area contributed by atoms with Gasteiger partial charge in [-0.3, -0.25) is 9.69 Å². The molecule has 0 amide bonds. The first kappa shape index (κ1) is 13.8. The summed E-state index contributed by atoms with van der Waals surface area (Å²) < 4.78 is 5.73. The van der Waals surface area contributed by atoms with E-state index in [0.717, 1.165) is 51.8 Å². The lowest BCUT2D eigenvalue weighted by Crippen LogP contribution is -2.50. The molecule has 1 N–H and O–H groups in total. The lowest BCUT2D eigenvalue weighted by Gasteiger charge is -2.39. The highest BCUT2D eigenvalue weighted by atomic mass is 16.5. The highest BCUT2D eigenvalue weighted by Crippen LogP contribution is 2.27. The van der Waals surface area contributed by atoms with Gasteiger partial charge < -0.3 is 9.84 Å². The van der Waals surface area contributed by atoms with Crippen LogP contribution in [0.15, 0.2) is 0 Å². The second-order valence-electron chi connectivity index (χ2n) is 5.64. The molecular formula is C14H25NO3. The van der Waals surface area contributed by atoms with E-state index in [9.17, 15) is 9.90 Å². The van der Waals surface area contributed by atoms with E-state index >= 15 is 0 Å². The molecule has 0 aromatic heterocycles. The number of piperidine rings is 1. The molecule has 2 rings (SSSR count). The topological polar surface area (TPSA) is 49.8 Å². The molecule has 0 spiro atoms. The van der Waals surface area contributed by atoms with Crippen LogP contribution in [0.3, 0.4) is 0 Å². The number of ether oxygens (including phenoxy) is 1. The van der Waals surface area contributed by atoms with Crippen LogP contribution in [0, 0.1) is 5.92 Å². The Kier molecular flexibility index (Phi) is 5.01. The van der Waals surface area contributed by atoms with Crippen molar-refractivity contribution in [1.29, 1.82) is 0 Å². The molecule has 104 valence electrons. The number of hydrogen-bond acceptors (Lipinski definition) is 3. The van der Waals surface area contributed by atoms with Crippen LogP contribution in [0.5, 0.6) is 0 Å². The Morgan fingerprint density at radius 2 is 2.22 bits per heavy atom. The molecule has 3 unspecified atom stereocenters. The van der Waals surface area contributed by atoms with Crippen molar-refractivity contribution < 1.29 is 14.6 Å². The van der Waals surface area contributed by atoms with Crippen LogP contribution in [-0.2, 0) is 9.53 Å². The predicted molar refractivity (Wildman–Crippen MR) is 69.6 cm³/mol. The number of carboxylic acid groups (broad SMARTS) is 1. The fraction of sp³-hybridized carbons (Fsp3) is 0.929. The van der Waals surface area contributed by atoms with E-state index in [1.54, 1.807) is 0 Å². The minimum Gasteiger partial charge on any atom is -0.480 e. The number of carbonyl (C=O) groups is 1. The van der Waals surface area contributed by atoms with E-state index in [1.807, 2.05) is 0 Å². The van der Waals surface area contributed by atoms with Gasteiger partial charge in [0.25, 0.3) is 0 Å². The van der Waals surface area contributed by atoms with Gasteiger partial charge in [0.2, 0.25) is 0 Å². The van der Waals surface area contributed by atoms with Gasteiger partial charge in [0.15, 0.2) is 0 Å². The van der Waals surface area contributed by atoms with E-state index in [-0.39, 0.29) is 12.1 Å². The average Bonchev–Trinajstić information content (AvgIpc) is 2.40. The first-order chi connectivity index (χ1) is 8.70. The minimum absolute atomic E-state index is 0.249. The zero-order valence-electron chi connectivity index (χ0n) is 11.3. The van der Waals surface area contributed by atoms with Crippen LogP contribution in [0.1, 0.15) is 45.4 Å². The fourth-order valence-electron chi connectivity index (χ4n) is 3.15. The monoisotopic (exact) mass is 255 g/mol. The average molecular weight is 255 g/mol. The van der Waals surface area contributed by atoms with Crippen molar-refractivity contribution in [3.63, 3.8) is 0 Å². The molecule has 2 aliphatic rings. The van der Waals surface area contributed by atoms with Gasteiger partial charge in [0, 0.05) is 13.2 Å². The van der Waals surface area contributed by atoms with Gasteiger partial charge in [0.1, 0.15) is 6.04 Å². The Labute approximate surface area is 109 Å². The molecule has 0 bridgehead atoms. The van der Waals surface area contributed by atoms with Crippen LogP contribution in [0.25, 0.3) is 0 Å². The predicted octanol–water partition coefficient (Wildman–Crippen LogP) is 2.13. The van der Waals surface area contributed by atoms with Crippen molar-refractivity contribution in [3.8, 4) is 0 Å². The number of rotatable bonds is 4. The van der Waals surface area contributed by atoms with Gasteiger partial charge in [0.05, 0.1) is 6.10 Å². The summed E-state index contributed by atoms with van der Waals surface area (Å²) in [5.41, 5.74) is 0. The van der Waals surface area contributed by atoms with Gasteiger partial charge in [-0.25, -0.2) is 0 Å². The summed E-state index contributed by atoms with van der Waals surface area (Å²) in [7, 11) is 0. The molecule has 3 atom stereocenters. The zero-order chi connectivity index (χ0) is 13.0.